The van der Waals surface area contributed by atoms with E-state index in [0.29, 0.717) is 12.2 Å². The van der Waals surface area contributed by atoms with Crippen LogP contribution in [0.4, 0.5) is 0 Å². The highest BCUT2D eigenvalue weighted by Crippen LogP contribution is 2.43. The molecule has 0 aliphatic carbocycles. The molecule has 1 aliphatic heterocycles. The first-order chi connectivity index (χ1) is 15.1. The summed E-state index contributed by atoms with van der Waals surface area (Å²) in [5.74, 6) is 0.00436. The molecule has 0 saturated carbocycles. The SMILES string of the molecule is Cc1ccc(-c2n[nH]c3c2C(c2ccc(Br)cc2)N(CCc2ccccc2)C3=O)cc1. The molecule has 0 spiro atoms. The summed E-state index contributed by atoms with van der Waals surface area (Å²) in [6.45, 7) is 2.71. The lowest BCUT2D eigenvalue weighted by atomic mass is 9.95. The van der Waals surface area contributed by atoms with Gasteiger partial charge < -0.3 is 4.90 Å². The number of nitrogens with one attached hydrogen (secondary N) is 1. The standard InChI is InChI=1S/C26H22BrN3O/c1-17-7-9-19(10-8-17)23-22-24(29-28-23)26(31)30(16-15-18-5-3-2-4-6-18)25(22)20-11-13-21(27)14-12-20/h2-14,25H,15-16H2,1H3,(H,28,29). The molecule has 1 atom stereocenters. The summed E-state index contributed by atoms with van der Waals surface area (Å²) >= 11 is 3.53. The second-order valence-electron chi connectivity index (χ2n) is 7.92. The molecule has 1 N–H and O–H groups in total. The second-order valence-corrected chi connectivity index (χ2v) is 8.83. The van der Waals surface area contributed by atoms with Crippen LogP contribution >= 0.6 is 15.9 Å². The fourth-order valence-corrected chi connectivity index (χ4v) is 4.51. The maximum absolute atomic E-state index is 13.4. The molecule has 3 aromatic carbocycles. The van der Waals surface area contributed by atoms with Gasteiger partial charge in [0, 0.05) is 22.1 Å². The van der Waals surface area contributed by atoms with Crippen molar-refractivity contribution in [2.75, 3.05) is 6.54 Å². The Morgan fingerprint density at radius 2 is 1.68 bits per heavy atom. The van der Waals surface area contributed by atoms with Gasteiger partial charge in [0.25, 0.3) is 5.91 Å². The molecule has 154 valence electrons. The smallest absolute Gasteiger partial charge is 0.273 e. The van der Waals surface area contributed by atoms with Crippen LogP contribution in [0.5, 0.6) is 0 Å². The molecular formula is C26H22BrN3O. The second kappa shape index (κ2) is 8.16. The van der Waals surface area contributed by atoms with Gasteiger partial charge in [0.2, 0.25) is 0 Å². The number of carbonyl (C=O) groups excluding carboxylic acids is 1. The molecule has 2 heterocycles. The number of aryl methyl sites for hydroxylation is 1. The Balaban J connectivity index is 1.57. The highest BCUT2D eigenvalue weighted by atomic mass is 79.9. The molecule has 0 fully saturated rings. The van der Waals surface area contributed by atoms with E-state index in [-0.39, 0.29) is 11.9 Å². The molecular weight excluding hydrogens is 450 g/mol. The Kier molecular flexibility index (Phi) is 5.20. The highest BCUT2D eigenvalue weighted by molar-refractivity contribution is 9.10. The quantitative estimate of drug-likeness (QED) is 0.391. The van der Waals surface area contributed by atoms with Gasteiger partial charge in [-0.3, -0.25) is 9.89 Å². The van der Waals surface area contributed by atoms with E-state index in [9.17, 15) is 4.79 Å². The van der Waals surface area contributed by atoms with E-state index in [4.69, 9.17) is 0 Å². The molecule has 4 nitrogen and oxygen atoms in total. The zero-order valence-corrected chi connectivity index (χ0v) is 18.8. The summed E-state index contributed by atoms with van der Waals surface area (Å²) in [4.78, 5) is 15.4. The van der Waals surface area contributed by atoms with Crippen molar-refractivity contribution in [2.45, 2.75) is 19.4 Å². The Labute approximate surface area is 190 Å². The Morgan fingerprint density at radius 3 is 2.39 bits per heavy atom. The van der Waals surface area contributed by atoms with Crippen LogP contribution in [0.1, 0.15) is 38.8 Å². The summed E-state index contributed by atoms with van der Waals surface area (Å²) in [6, 6.07) is 26.6. The van der Waals surface area contributed by atoms with Gasteiger partial charge in [-0.1, -0.05) is 88.2 Å². The van der Waals surface area contributed by atoms with Gasteiger partial charge in [0.15, 0.2) is 0 Å². The molecule has 1 amide bonds. The van der Waals surface area contributed by atoms with Crippen LogP contribution in [-0.4, -0.2) is 27.5 Å². The molecule has 31 heavy (non-hydrogen) atoms. The predicted octanol–water partition coefficient (Wildman–Crippen LogP) is 5.94. The minimum Gasteiger partial charge on any atom is -0.326 e. The molecule has 1 aliphatic rings. The van der Waals surface area contributed by atoms with Crippen molar-refractivity contribution in [1.82, 2.24) is 15.1 Å². The number of amides is 1. The summed E-state index contributed by atoms with van der Waals surface area (Å²) in [5.41, 5.74) is 6.92. The number of carbonyl (C=O) groups is 1. The first-order valence-corrected chi connectivity index (χ1v) is 11.2. The lowest BCUT2D eigenvalue weighted by Crippen LogP contribution is -2.31. The Hall–Kier alpha value is -3.18. The van der Waals surface area contributed by atoms with Gasteiger partial charge in [-0.05, 0) is 36.6 Å². The molecule has 4 aromatic rings. The van der Waals surface area contributed by atoms with E-state index in [0.717, 1.165) is 33.3 Å². The van der Waals surface area contributed by atoms with Gasteiger partial charge in [-0.15, -0.1) is 0 Å². The minimum absolute atomic E-state index is 0.00436. The van der Waals surface area contributed by atoms with Crippen LogP contribution in [0.2, 0.25) is 0 Å². The average Bonchev–Trinajstić information content (AvgIpc) is 3.33. The number of halogens is 1. The van der Waals surface area contributed by atoms with E-state index in [1.165, 1.54) is 11.1 Å². The monoisotopic (exact) mass is 471 g/mol. The lowest BCUT2D eigenvalue weighted by molar-refractivity contribution is 0.0746. The number of benzene rings is 3. The predicted molar refractivity (Wildman–Crippen MR) is 126 cm³/mol. The van der Waals surface area contributed by atoms with Crippen molar-refractivity contribution in [3.63, 3.8) is 0 Å². The van der Waals surface area contributed by atoms with Crippen molar-refractivity contribution in [3.05, 3.63) is 111 Å². The molecule has 1 unspecified atom stereocenters. The number of aromatic nitrogens is 2. The number of fused-ring (bicyclic) bond motifs is 1. The zero-order valence-electron chi connectivity index (χ0n) is 17.2. The average molecular weight is 472 g/mol. The van der Waals surface area contributed by atoms with Crippen LogP contribution in [0.3, 0.4) is 0 Å². The Morgan fingerprint density at radius 1 is 0.968 bits per heavy atom. The first kappa shape index (κ1) is 19.8. The zero-order chi connectivity index (χ0) is 21.4. The van der Waals surface area contributed by atoms with Crippen molar-refractivity contribution in [2.24, 2.45) is 0 Å². The van der Waals surface area contributed by atoms with Gasteiger partial charge >= 0.3 is 0 Å². The maximum atomic E-state index is 13.4. The van der Waals surface area contributed by atoms with E-state index in [2.05, 4.69) is 81.6 Å². The van der Waals surface area contributed by atoms with E-state index >= 15 is 0 Å². The summed E-state index contributed by atoms with van der Waals surface area (Å²) < 4.78 is 1.02. The van der Waals surface area contributed by atoms with Gasteiger partial charge in [-0.25, -0.2) is 0 Å². The van der Waals surface area contributed by atoms with E-state index in [1.54, 1.807) is 0 Å². The number of hydrogen-bond donors (Lipinski definition) is 1. The molecule has 0 saturated heterocycles. The van der Waals surface area contributed by atoms with Crippen LogP contribution in [0.25, 0.3) is 11.3 Å². The van der Waals surface area contributed by atoms with Crippen LogP contribution in [0, 0.1) is 6.92 Å². The van der Waals surface area contributed by atoms with E-state index < -0.39 is 0 Å². The van der Waals surface area contributed by atoms with Crippen LogP contribution in [0.15, 0.2) is 83.3 Å². The number of nitrogens with zero attached hydrogens (tertiary/aromatic N) is 2. The fourth-order valence-electron chi connectivity index (χ4n) is 4.24. The third kappa shape index (κ3) is 3.70. The molecule has 5 rings (SSSR count). The van der Waals surface area contributed by atoms with Gasteiger partial charge in [-0.2, -0.15) is 5.10 Å². The minimum atomic E-state index is -0.172. The third-order valence-electron chi connectivity index (χ3n) is 5.86. The fraction of sp³-hybridized carbons (Fsp3) is 0.154. The largest absolute Gasteiger partial charge is 0.326 e. The molecule has 1 aromatic heterocycles. The van der Waals surface area contributed by atoms with Crippen molar-refractivity contribution in [1.29, 1.82) is 0 Å². The lowest BCUT2D eigenvalue weighted by Gasteiger charge is -2.26. The Bertz CT molecular complexity index is 1210. The first-order valence-electron chi connectivity index (χ1n) is 10.4. The van der Waals surface area contributed by atoms with Crippen molar-refractivity contribution in [3.8, 4) is 11.3 Å². The summed E-state index contributed by atoms with van der Waals surface area (Å²) in [7, 11) is 0. The maximum Gasteiger partial charge on any atom is 0.273 e. The molecule has 0 bridgehead atoms. The van der Waals surface area contributed by atoms with Crippen LogP contribution < -0.4 is 0 Å². The number of rotatable bonds is 5. The van der Waals surface area contributed by atoms with E-state index in [1.807, 2.05) is 35.2 Å². The highest BCUT2D eigenvalue weighted by Gasteiger charge is 2.41. The van der Waals surface area contributed by atoms with Crippen LogP contribution in [-0.2, 0) is 6.42 Å². The van der Waals surface area contributed by atoms with Gasteiger partial charge in [0.1, 0.15) is 5.69 Å². The van der Waals surface area contributed by atoms with Crippen molar-refractivity contribution >= 4 is 21.8 Å². The van der Waals surface area contributed by atoms with Gasteiger partial charge in [0.05, 0.1) is 11.7 Å². The normalized spacial score (nSPS) is 15.4. The topological polar surface area (TPSA) is 49.0 Å². The van der Waals surface area contributed by atoms with Crippen molar-refractivity contribution < 1.29 is 4.79 Å². The molecule has 0 radical (unpaired) electrons. The molecule has 5 heteroatoms. The summed E-state index contributed by atoms with van der Waals surface area (Å²) in [5, 5.41) is 7.59. The number of H-pyrrole nitrogens is 1. The summed E-state index contributed by atoms with van der Waals surface area (Å²) in [6.07, 6.45) is 0.803. The number of hydrogen-bond acceptors (Lipinski definition) is 2. The third-order valence-corrected chi connectivity index (χ3v) is 6.39. The number of aromatic amines is 1.